The van der Waals surface area contributed by atoms with Crippen molar-refractivity contribution in [3.05, 3.63) is 70.9 Å². The van der Waals surface area contributed by atoms with Gasteiger partial charge < -0.3 is 10.1 Å². The molecule has 1 aliphatic rings. The van der Waals surface area contributed by atoms with E-state index in [9.17, 15) is 9.00 Å². The van der Waals surface area contributed by atoms with Crippen molar-refractivity contribution in [1.29, 1.82) is 0 Å². The minimum Gasteiger partial charge on any atom is -0.491 e. The summed E-state index contributed by atoms with van der Waals surface area (Å²) in [6.07, 6.45) is 0.0709. The Hall–Kier alpha value is -2.93. The monoisotopic (exact) mass is 409 g/mol. The Bertz CT molecular complexity index is 1090. The van der Waals surface area contributed by atoms with E-state index in [2.05, 4.69) is 10.4 Å². The maximum absolute atomic E-state index is 12.9. The molecule has 29 heavy (non-hydrogen) atoms. The Balaban J connectivity index is 1.67. The van der Waals surface area contributed by atoms with Crippen molar-refractivity contribution in [3.63, 3.8) is 0 Å². The van der Waals surface area contributed by atoms with Crippen molar-refractivity contribution < 1.29 is 13.7 Å². The van der Waals surface area contributed by atoms with Gasteiger partial charge in [0.1, 0.15) is 11.6 Å². The predicted molar refractivity (Wildman–Crippen MR) is 114 cm³/mol. The van der Waals surface area contributed by atoms with Gasteiger partial charge in [-0.25, -0.2) is 4.68 Å². The molecule has 0 radical (unpaired) electrons. The molecule has 1 N–H and O–H groups in total. The molecule has 0 bridgehead atoms. The number of hydrogen-bond donors (Lipinski definition) is 1. The van der Waals surface area contributed by atoms with Gasteiger partial charge >= 0.3 is 0 Å². The first-order chi connectivity index (χ1) is 13.9. The summed E-state index contributed by atoms with van der Waals surface area (Å²) >= 11 is 0. The average molecular weight is 410 g/mol. The molecule has 0 saturated carbocycles. The van der Waals surface area contributed by atoms with E-state index in [4.69, 9.17) is 4.74 Å². The van der Waals surface area contributed by atoms with Gasteiger partial charge in [0, 0.05) is 21.9 Å². The summed E-state index contributed by atoms with van der Waals surface area (Å²) in [5.74, 6) is 1.89. The normalized spacial score (nSPS) is 15.4. The smallest absolute Gasteiger partial charge is 0.256 e. The Morgan fingerprint density at radius 2 is 1.86 bits per heavy atom. The summed E-state index contributed by atoms with van der Waals surface area (Å²) in [5.41, 5.74) is 4.08. The van der Waals surface area contributed by atoms with E-state index in [1.54, 1.807) is 28.9 Å². The van der Waals surface area contributed by atoms with Crippen LogP contribution in [0, 0.1) is 6.92 Å². The van der Waals surface area contributed by atoms with Crippen LogP contribution in [0.5, 0.6) is 5.75 Å². The molecule has 3 aromatic rings. The zero-order valence-corrected chi connectivity index (χ0v) is 17.5. The first-order valence-electron chi connectivity index (χ1n) is 9.52. The average Bonchev–Trinajstić information content (AvgIpc) is 3.19. The highest BCUT2D eigenvalue weighted by atomic mass is 32.2. The molecular weight excluding hydrogens is 386 g/mol. The Morgan fingerprint density at radius 3 is 2.55 bits per heavy atom. The number of rotatable bonds is 5. The van der Waals surface area contributed by atoms with Crippen LogP contribution in [-0.4, -0.2) is 26.0 Å². The molecule has 0 fully saturated rings. The van der Waals surface area contributed by atoms with Crippen LogP contribution in [0.4, 0.5) is 5.82 Å². The van der Waals surface area contributed by atoms with Crippen LogP contribution in [0.15, 0.2) is 48.5 Å². The van der Waals surface area contributed by atoms with E-state index in [1.165, 1.54) is 0 Å². The van der Waals surface area contributed by atoms with Crippen LogP contribution in [0.1, 0.15) is 41.0 Å². The van der Waals surface area contributed by atoms with Crippen LogP contribution in [0.2, 0.25) is 0 Å². The molecule has 1 aromatic heterocycles. The minimum absolute atomic E-state index is 0.0709. The van der Waals surface area contributed by atoms with Crippen LogP contribution < -0.4 is 10.1 Å². The number of aromatic nitrogens is 2. The van der Waals surface area contributed by atoms with Gasteiger partial charge in [0.25, 0.3) is 5.91 Å². The molecule has 1 atom stereocenters. The summed E-state index contributed by atoms with van der Waals surface area (Å²) in [6.45, 7) is 5.91. The van der Waals surface area contributed by atoms with E-state index in [0.717, 1.165) is 28.3 Å². The van der Waals surface area contributed by atoms with E-state index in [0.29, 0.717) is 22.9 Å². The third-order valence-corrected chi connectivity index (χ3v) is 5.94. The van der Waals surface area contributed by atoms with Crippen molar-refractivity contribution in [1.82, 2.24) is 9.78 Å². The van der Waals surface area contributed by atoms with E-state index >= 15 is 0 Å². The maximum Gasteiger partial charge on any atom is 0.256 e. The third kappa shape index (κ3) is 3.96. The quantitative estimate of drug-likeness (QED) is 0.692. The van der Waals surface area contributed by atoms with Crippen molar-refractivity contribution in [2.24, 2.45) is 0 Å². The number of nitrogens with zero attached hydrogens (tertiary/aromatic N) is 2. The van der Waals surface area contributed by atoms with Crippen LogP contribution in [-0.2, 0) is 22.3 Å². The predicted octanol–water partition coefficient (Wildman–Crippen LogP) is 3.98. The number of ether oxygens (including phenoxy) is 1. The van der Waals surface area contributed by atoms with Crippen molar-refractivity contribution >= 4 is 22.5 Å². The molecule has 0 aliphatic carbocycles. The van der Waals surface area contributed by atoms with Gasteiger partial charge in [-0.05, 0) is 56.7 Å². The SMILES string of the molecule is Cc1ccccc1-n1nc2c(c1NC(=O)c1ccc(OC(C)C)cc1)C[S@@](=O)C2. The molecule has 1 aliphatic heterocycles. The molecule has 0 unspecified atom stereocenters. The fourth-order valence-electron chi connectivity index (χ4n) is 3.37. The number of benzene rings is 2. The maximum atomic E-state index is 12.9. The molecule has 2 heterocycles. The highest BCUT2D eigenvalue weighted by Gasteiger charge is 2.28. The Labute approximate surface area is 172 Å². The number of fused-ring (bicyclic) bond motifs is 1. The fourth-order valence-corrected chi connectivity index (χ4v) is 4.63. The number of amides is 1. The first-order valence-corrected chi connectivity index (χ1v) is 11.0. The molecule has 4 rings (SSSR count). The molecule has 0 saturated heterocycles. The minimum atomic E-state index is -0.980. The summed E-state index contributed by atoms with van der Waals surface area (Å²) in [7, 11) is -0.980. The molecule has 0 spiro atoms. The van der Waals surface area contributed by atoms with E-state index in [-0.39, 0.29) is 12.0 Å². The lowest BCUT2D eigenvalue weighted by Gasteiger charge is -2.13. The lowest BCUT2D eigenvalue weighted by molar-refractivity contribution is 0.102. The Kier molecular flexibility index (Phi) is 5.24. The number of para-hydroxylation sites is 1. The summed E-state index contributed by atoms with van der Waals surface area (Å²) < 4.78 is 19.4. The van der Waals surface area contributed by atoms with Gasteiger partial charge in [0.15, 0.2) is 0 Å². The van der Waals surface area contributed by atoms with Gasteiger partial charge in [0.2, 0.25) is 0 Å². The molecular formula is C22H23N3O3S. The highest BCUT2D eigenvalue weighted by Crippen LogP contribution is 2.32. The fraction of sp³-hybridized carbons (Fsp3) is 0.273. The van der Waals surface area contributed by atoms with Crippen molar-refractivity contribution in [2.45, 2.75) is 38.4 Å². The summed E-state index contributed by atoms with van der Waals surface area (Å²) in [4.78, 5) is 12.9. The largest absolute Gasteiger partial charge is 0.491 e. The Morgan fingerprint density at radius 1 is 1.14 bits per heavy atom. The van der Waals surface area contributed by atoms with Crippen molar-refractivity contribution in [3.8, 4) is 11.4 Å². The van der Waals surface area contributed by atoms with Gasteiger partial charge in [-0.15, -0.1) is 0 Å². The molecule has 2 aromatic carbocycles. The van der Waals surface area contributed by atoms with Gasteiger partial charge in [-0.1, -0.05) is 18.2 Å². The number of carbonyl (C=O) groups is 1. The number of anilines is 1. The topological polar surface area (TPSA) is 73.2 Å². The van der Waals surface area contributed by atoms with Gasteiger partial charge in [-0.3, -0.25) is 9.00 Å². The molecule has 7 heteroatoms. The number of carbonyl (C=O) groups excluding carboxylic acids is 1. The van der Waals surface area contributed by atoms with Gasteiger partial charge in [0.05, 0.1) is 29.0 Å². The molecule has 150 valence electrons. The summed E-state index contributed by atoms with van der Waals surface area (Å²) in [6, 6.07) is 14.9. The zero-order valence-electron chi connectivity index (χ0n) is 16.6. The van der Waals surface area contributed by atoms with Crippen LogP contribution in [0.3, 0.4) is 0 Å². The lowest BCUT2D eigenvalue weighted by Crippen LogP contribution is -2.17. The third-order valence-electron chi connectivity index (χ3n) is 4.73. The van der Waals surface area contributed by atoms with Crippen LogP contribution in [0.25, 0.3) is 5.69 Å². The van der Waals surface area contributed by atoms with Gasteiger partial charge in [-0.2, -0.15) is 5.10 Å². The number of hydrogen-bond acceptors (Lipinski definition) is 4. The van der Waals surface area contributed by atoms with E-state index < -0.39 is 10.8 Å². The molecule has 6 nitrogen and oxygen atoms in total. The lowest BCUT2D eigenvalue weighted by atomic mass is 10.2. The standard InChI is InChI=1S/C22H23N3O3S/c1-14(2)28-17-10-8-16(9-11-17)22(26)23-21-18-12-29(27)13-19(18)24-25(21)20-7-5-4-6-15(20)3/h4-11,14H,12-13H2,1-3H3,(H,23,26)/t29-/m1/s1. The number of aryl methyl sites for hydroxylation is 1. The van der Waals surface area contributed by atoms with Crippen molar-refractivity contribution in [2.75, 3.05) is 5.32 Å². The number of nitrogens with one attached hydrogen (secondary N) is 1. The molecule has 1 amide bonds. The first kappa shape index (κ1) is 19.4. The van der Waals surface area contributed by atoms with Crippen LogP contribution >= 0.6 is 0 Å². The highest BCUT2D eigenvalue weighted by molar-refractivity contribution is 7.83. The van der Waals surface area contributed by atoms with E-state index in [1.807, 2.05) is 45.0 Å². The second-order valence-corrected chi connectivity index (χ2v) is 8.80. The summed E-state index contributed by atoms with van der Waals surface area (Å²) in [5, 5.41) is 7.65. The second-order valence-electron chi connectivity index (χ2n) is 7.35. The zero-order chi connectivity index (χ0) is 20.5. The second kappa shape index (κ2) is 7.83.